The number of methoxy groups -OCH3 is 1. The molecule has 7 atom stereocenters. The fourth-order valence-electron chi connectivity index (χ4n) is 8.91. The molecule has 0 aliphatic carbocycles. The standard InChI is InChI=1S/C54H76O6Si2/c1-41(23-22-34-61(10,11)12)36-50(57-39-44-24-16-13-17-25-44)52-51(59-54(7,8)60-52)37-49(56-40-45-30-32-46(55-9)33-31-45)43(3)35-42(2)38-58-62(53(4,5)6,47-26-18-14-19-27-47)48-28-20-15-21-29-48/h13-21,24-33,41-43,49-52H,23,35-40H2,1-12H3/t41-,42-,43+,49+,50+,51-,52-/m0/s1. The molecule has 1 fully saturated rings. The summed E-state index contributed by atoms with van der Waals surface area (Å²) in [6.07, 6.45) is 2.41. The van der Waals surface area contributed by atoms with Crippen LogP contribution in [0.5, 0.6) is 5.75 Å². The van der Waals surface area contributed by atoms with Gasteiger partial charge in [-0.15, -0.1) is 11.5 Å². The molecule has 1 aliphatic rings. The Balaban J connectivity index is 1.40. The molecule has 1 heterocycles. The second kappa shape index (κ2) is 22.4. The van der Waals surface area contributed by atoms with E-state index < -0.39 is 22.2 Å². The summed E-state index contributed by atoms with van der Waals surface area (Å²) in [6.45, 7) is 26.5. The molecule has 0 spiro atoms. The summed E-state index contributed by atoms with van der Waals surface area (Å²) in [4.78, 5) is 0. The van der Waals surface area contributed by atoms with E-state index in [0.717, 1.165) is 36.1 Å². The Labute approximate surface area is 377 Å². The van der Waals surface area contributed by atoms with Gasteiger partial charge in [0, 0.05) is 19.4 Å². The Kier molecular flexibility index (Phi) is 17.9. The van der Waals surface area contributed by atoms with Gasteiger partial charge in [0.15, 0.2) is 5.79 Å². The minimum absolute atomic E-state index is 0.0931. The van der Waals surface area contributed by atoms with E-state index in [1.807, 2.05) is 32.0 Å². The number of hydrogen-bond donors (Lipinski definition) is 0. The van der Waals surface area contributed by atoms with Crippen molar-refractivity contribution < 1.29 is 28.1 Å². The smallest absolute Gasteiger partial charge is 0.261 e. The van der Waals surface area contributed by atoms with Crippen LogP contribution in [0.2, 0.25) is 24.7 Å². The molecule has 6 nitrogen and oxygen atoms in total. The van der Waals surface area contributed by atoms with Crippen molar-refractivity contribution in [3.63, 3.8) is 0 Å². The highest BCUT2D eigenvalue weighted by Gasteiger charge is 2.51. The molecule has 0 amide bonds. The summed E-state index contributed by atoms with van der Waals surface area (Å²) in [7, 11) is -2.47. The van der Waals surface area contributed by atoms with Crippen molar-refractivity contribution in [3.8, 4) is 17.2 Å². The second-order valence-corrected chi connectivity index (χ2v) is 29.4. The maximum absolute atomic E-state index is 7.43. The molecular formula is C54H76O6Si2. The lowest BCUT2D eigenvalue weighted by molar-refractivity contribution is -0.163. The van der Waals surface area contributed by atoms with Crippen LogP contribution in [0, 0.1) is 29.2 Å². The van der Waals surface area contributed by atoms with E-state index in [9.17, 15) is 0 Å². The highest BCUT2D eigenvalue weighted by atomic mass is 28.4. The third kappa shape index (κ3) is 14.2. The second-order valence-electron chi connectivity index (χ2n) is 20.3. The van der Waals surface area contributed by atoms with Crippen LogP contribution in [0.4, 0.5) is 0 Å². The van der Waals surface area contributed by atoms with Gasteiger partial charge in [0.25, 0.3) is 8.32 Å². The fraction of sp³-hybridized carbons (Fsp3) is 0.519. The molecule has 0 unspecified atom stereocenters. The molecule has 4 aromatic carbocycles. The molecule has 62 heavy (non-hydrogen) atoms. The fourth-order valence-corrected chi connectivity index (χ4v) is 14.2. The Morgan fingerprint density at radius 1 is 0.694 bits per heavy atom. The van der Waals surface area contributed by atoms with E-state index in [2.05, 4.69) is 170 Å². The van der Waals surface area contributed by atoms with Gasteiger partial charge in [0.2, 0.25) is 0 Å². The largest absolute Gasteiger partial charge is 0.497 e. The lowest BCUT2D eigenvalue weighted by atomic mass is 9.87. The number of hydrogen-bond acceptors (Lipinski definition) is 6. The van der Waals surface area contributed by atoms with Gasteiger partial charge < -0.3 is 28.1 Å². The van der Waals surface area contributed by atoms with Crippen LogP contribution in [0.1, 0.15) is 92.2 Å². The molecule has 1 saturated heterocycles. The Morgan fingerprint density at radius 2 is 1.24 bits per heavy atom. The highest BCUT2D eigenvalue weighted by molar-refractivity contribution is 6.99. The normalized spacial score (nSPS) is 19.2. The lowest BCUT2D eigenvalue weighted by Crippen LogP contribution is -2.66. The maximum atomic E-state index is 7.43. The first-order valence-corrected chi connectivity index (χ1v) is 28.3. The zero-order chi connectivity index (χ0) is 45.0. The monoisotopic (exact) mass is 877 g/mol. The lowest BCUT2D eigenvalue weighted by Gasteiger charge is -2.43. The molecular weight excluding hydrogens is 801 g/mol. The molecule has 5 rings (SSSR count). The van der Waals surface area contributed by atoms with Gasteiger partial charge in [-0.3, -0.25) is 0 Å². The first-order chi connectivity index (χ1) is 29.4. The molecule has 8 heteroatoms. The van der Waals surface area contributed by atoms with Crippen LogP contribution in [-0.2, 0) is 36.6 Å². The van der Waals surface area contributed by atoms with Crippen LogP contribution in [-0.4, -0.2) is 60.3 Å². The SMILES string of the molecule is COc1ccc(CO[C@H](C[C@@H]2OC(C)(C)O[C@H]2[C@@H](C[C@@H](C)CC#C[Si](C)(C)C)OCc2ccccc2)[C@H](C)C[C@H](C)CO[Si](c2ccccc2)(c2ccccc2)C(C)(C)C)cc1. The van der Waals surface area contributed by atoms with E-state index in [4.69, 9.17) is 28.1 Å². The molecule has 0 saturated carbocycles. The highest BCUT2D eigenvalue weighted by Crippen LogP contribution is 2.39. The molecule has 0 N–H and O–H groups in total. The number of rotatable bonds is 21. The van der Waals surface area contributed by atoms with Crippen molar-refractivity contribution >= 4 is 26.8 Å². The topological polar surface area (TPSA) is 55.4 Å². The minimum Gasteiger partial charge on any atom is -0.497 e. The summed E-state index contributed by atoms with van der Waals surface area (Å²) in [5.74, 6) is 4.37. The third-order valence-corrected chi connectivity index (χ3v) is 17.9. The van der Waals surface area contributed by atoms with E-state index in [1.54, 1.807) is 7.11 Å². The predicted molar refractivity (Wildman–Crippen MR) is 261 cm³/mol. The van der Waals surface area contributed by atoms with E-state index in [0.29, 0.717) is 32.2 Å². The van der Waals surface area contributed by atoms with Crippen molar-refractivity contribution in [3.05, 3.63) is 126 Å². The maximum Gasteiger partial charge on any atom is 0.261 e. The van der Waals surface area contributed by atoms with Crippen LogP contribution < -0.4 is 15.1 Å². The van der Waals surface area contributed by atoms with Gasteiger partial charge in [0.05, 0.1) is 38.6 Å². The molecule has 0 radical (unpaired) electrons. The van der Waals surface area contributed by atoms with Crippen molar-refractivity contribution in [1.82, 2.24) is 0 Å². The summed E-state index contributed by atoms with van der Waals surface area (Å²) in [6, 6.07) is 40.4. The van der Waals surface area contributed by atoms with Gasteiger partial charge in [-0.2, -0.15) is 0 Å². The molecule has 336 valence electrons. The first kappa shape index (κ1) is 49.5. The Bertz CT molecular complexity index is 1930. The number of benzene rings is 4. The summed E-state index contributed by atoms with van der Waals surface area (Å²) in [5, 5.41) is 2.51. The molecule has 4 aromatic rings. The van der Waals surface area contributed by atoms with E-state index in [1.165, 1.54) is 10.4 Å². The van der Waals surface area contributed by atoms with Crippen LogP contribution in [0.3, 0.4) is 0 Å². The number of ether oxygens (including phenoxy) is 5. The summed E-state index contributed by atoms with van der Waals surface area (Å²) < 4.78 is 40.5. The first-order valence-electron chi connectivity index (χ1n) is 22.9. The molecule has 0 bridgehead atoms. The quantitative estimate of drug-likeness (QED) is 0.0614. The summed E-state index contributed by atoms with van der Waals surface area (Å²) in [5.41, 5.74) is 5.81. The zero-order valence-electron chi connectivity index (χ0n) is 39.9. The minimum atomic E-state index is -2.69. The van der Waals surface area contributed by atoms with E-state index in [-0.39, 0.29) is 41.3 Å². The van der Waals surface area contributed by atoms with Crippen molar-refractivity contribution in [2.75, 3.05) is 13.7 Å². The zero-order valence-corrected chi connectivity index (χ0v) is 41.9. The van der Waals surface area contributed by atoms with Crippen LogP contribution >= 0.6 is 0 Å². The van der Waals surface area contributed by atoms with Crippen LogP contribution in [0.25, 0.3) is 0 Å². The Hall–Kier alpha value is -3.53. The van der Waals surface area contributed by atoms with Gasteiger partial charge >= 0.3 is 0 Å². The van der Waals surface area contributed by atoms with Gasteiger partial charge in [-0.05, 0) is 83.1 Å². The van der Waals surface area contributed by atoms with Crippen molar-refractivity contribution in [2.45, 2.75) is 149 Å². The molecule has 0 aromatic heterocycles. The van der Waals surface area contributed by atoms with Gasteiger partial charge in [-0.25, -0.2) is 0 Å². The third-order valence-electron chi connectivity index (χ3n) is 11.9. The van der Waals surface area contributed by atoms with Gasteiger partial charge in [-0.1, -0.05) is 164 Å². The van der Waals surface area contributed by atoms with Crippen molar-refractivity contribution in [2.24, 2.45) is 17.8 Å². The molecule has 1 aliphatic heterocycles. The Morgan fingerprint density at radius 3 is 1.79 bits per heavy atom. The van der Waals surface area contributed by atoms with Crippen molar-refractivity contribution in [1.29, 1.82) is 0 Å². The van der Waals surface area contributed by atoms with Crippen LogP contribution in [0.15, 0.2) is 115 Å². The average molecular weight is 877 g/mol. The van der Waals surface area contributed by atoms with E-state index >= 15 is 0 Å². The predicted octanol–water partition coefficient (Wildman–Crippen LogP) is 11.6. The summed E-state index contributed by atoms with van der Waals surface area (Å²) >= 11 is 0. The van der Waals surface area contributed by atoms with Gasteiger partial charge in [0.1, 0.15) is 19.9 Å². The average Bonchev–Trinajstić information content (AvgIpc) is 3.54.